The molecule has 147 heavy (non-hydrogen) atoms. The first kappa shape index (κ1) is 106. The van der Waals surface area contributed by atoms with Gasteiger partial charge in [0.15, 0.2) is 28.2 Å². The first-order valence-corrected chi connectivity index (χ1v) is 57.6. The third-order valence-electron chi connectivity index (χ3n) is 25.1. The fourth-order valence-electron chi connectivity index (χ4n) is 18.6. The zero-order valence-electron chi connectivity index (χ0n) is 81.0. The van der Waals surface area contributed by atoms with E-state index in [4.69, 9.17) is 19.1 Å². The number of aromatic nitrogens is 25. The molecule has 0 bridgehead atoms. The predicted octanol–water partition coefficient (Wildman–Crippen LogP) is 15.5. The maximum absolute atomic E-state index is 13.1. The second-order valence-electron chi connectivity index (χ2n) is 37.4. The van der Waals surface area contributed by atoms with Crippen LogP contribution < -0.4 is 24.5 Å². The smallest absolute Gasteiger partial charge is 0.282 e. The van der Waals surface area contributed by atoms with E-state index >= 15 is 0 Å². The molecule has 15 aromatic heterocycles. The first-order valence-electron chi connectivity index (χ1n) is 47.0. The minimum absolute atomic E-state index is 0.0364. The van der Waals surface area contributed by atoms with Gasteiger partial charge in [-0.2, -0.15) is 25.5 Å². The Labute approximate surface area is 840 Å². The number of piperidine rings is 5. The van der Waals surface area contributed by atoms with Gasteiger partial charge in [0.25, 0.3) is 32.1 Å². The number of imidazole rings is 5. The highest BCUT2D eigenvalue weighted by atomic mass is 32.2. The number of nitrogens with zero attached hydrogens (tertiary/aromatic N) is 31. The summed E-state index contributed by atoms with van der Waals surface area (Å²) < 4.78 is 233. The molecule has 5 aliphatic heterocycles. The maximum Gasteiger partial charge on any atom is 0.282 e. The molecule has 20 rings (SSSR count). The Morgan fingerprint density at radius 1 is 0.320 bits per heavy atom. The van der Waals surface area contributed by atoms with Gasteiger partial charge in [0, 0.05) is 204 Å². The number of hydrogen-bond donors (Lipinski definition) is 4. The molecule has 0 amide bonds. The number of rotatable bonds is 25. The first-order chi connectivity index (χ1) is 69.9. The maximum atomic E-state index is 13.1. The van der Waals surface area contributed by atoms with Crippen LogP contribution in [0.4, 0.5) is 73.0 Å². The van der Waals surface area contributed by atoms with Crippen LogP contribution >= 0.6 is 0 Å². The summed E-state index contributed by atoms with van der Waals surface area (Å²) in [7, 11) is -12.4. The van der Waals surface area contributed by atoms with Gasteiger partial charge in [-0.1, -0.05) is 13.8 Å². The molecule has 15 aromatic rings. The molecule has 0 radical (unpaired) electrons. The summed E-state index contributed by atoms with van der Waals surface area (Å²) >= 11 is 0. The average molecular weight is 2140 g/mol. The standard InChI is InChI=1S/C20H25F2N7OS.4C18H21F2N7OS/c1-4-31(3,30)27-14-7-13(2)10-28(11-14)19-8-16(24-12-25-19)17-9-23-18-6-5-15(20(21)22)26-29(17)18;4*1-29(21,28)10-12-3-2-6-26(9-12)17-7-14(23-11-24-17)15-8-22-16-5-4-13(18(19)20)25-27(15)16/h5-6,8-9,12-14,20H,4,7,10-11H2,1-3H3;4*4-5,7-8,11-12,18,21H,2-3,6,9-10H2,1H3. The SMILES string of the molecule is CCS(C)(=O)=NC1CC(C)CN(c2cc(-c3cnc4ccc(C(F)F)nn34)ncn2)C1.CS(=N)(=O)CC1CCCN(c2cc(-c3cnc4ccc(C(F)F)nn34)ncn2)C1.CS(=N)(=O)CC1CCCN(c2cc(-c3cnc4ccc(C(F)F)nn34)ncn2)C1.CS(=N)(=O)CC1CCCN(c2cc(-c3cnc4ccc(C(F)F)nn34)ncn2)C1.CS(=N)(=O)CC1CCCN(c2cc(-c3cnc4ccc(C(F)F)nn34)ncn2)C1. The highest BCUT2D eigenvalue weighted by Crippen LogP contribution is 2.36. The minimum atomic E-state index is -2.67. The summed E-state index contributed by atoms with van der Waals surface area (Å²) in [4.78, 5) is 74.9. The van der Waals surface area contributed by atoms with Crippen molar-refractivity contribution < 1.29 is 64.9 Å². The van der Waals surface area contributed by atoms with Gasteiger partial charge >= 0.3 is 0 Å². The fourth-order valence-corrected chi connectivity index (χ4v) is 24.2. The molecule has 11 atom stereocenters. The number of fused-ring (bicyclic) bond motifs is 5. The van der Waals surface area contributed by atoms with E-state index in [1.54, 1.807) is 67.6 Å². The van der Waals surface area contributed by atoms with Gasteiger partial charge in [0.2, 0.25) is 0 Å². The molecule has 5 fully saturated rings. The number of nitrogens with one attached hydrogen (secondary N) is 4. The summed E-state index contributed by atoms with van der Waals surface area (Å²) in [5, 5.41) is 19.9. The Morgan fingerprint density at radius 2 is 0.544 bits per heavy atom. The van der Waals surface area contributed by atoms with Crippen molar-refractivity contribution in [3.63, 3.8) is 0 Å². The second kappa shape index (κ2) is 45.5. The van der Waals surface area contributed by atoms with Gasteiger partial charge in [-0.05, 0) is 148 Å². The molecule has 5 aliphatic rings. The summed E-state index contributed by atoms with van der Waals surface area (Å²) in [5.41, 5.74) is 5.81. The Hall–Kier alpha value is -13.5. The molecule has 0 aliphatic carbocycles. The molecule has 11 unspecified atom stereocenters. The van der Waals surface area contributed by atoms with Crippen LogP contribution in [0.15, 0.2) is 158 Å². The van der Waals surface area contributed by atoms with Crippen molar-refractivity contribution in [3.8, 4) is 56.9 Å². The Kier molecular flexibility index (Phi) is 32.9. The fraction of sp³-hybridized carbons (Fsp3) is 0.457. The van der Waals surface area contributed by atoms with Crippen LogP contribution in [-0.4, -0.2) is 275 Å². The van der Waals surface area contributed by atoms with Gasteiger partial charge in [-0.3, -0.25) is 40.2 Å². The third-order valence-corrected chi connectivity index (χ3v) is 31.3. The van der Waals surface area contributed by atoms with Crippen LogP contribution in [0.2, 0.25) is 0 Å². The van der Waals surface area contributed by atoms with E-state index in [0.29, 0.717) is 182 Å². The normalized spacial score (nSPS) is 20.0. The molecule has 40 nitrogen and oxygen atoms in total. The van der Waals surface area contributed by atoms with E-state index < -0.39 is 80.8 Å². The van der Waals surface area contributed by atoms with Crippen LogP contribution in [0.5, 0.6) is 0 Å². The number of anilines is 5. The zero-order valence-corrected chi connectivity index (χ0v) is 85.1. The molecule has 5 saturated heterocycles. The van der Waals surface area contributed by atoms with Crippen molar-refractivity contribution in [2.24, 2.45) is 34.0 Å². The Bertz CT molecular complexity index is 7120. The molecule has 782 valence electrons. The highest BCUT2D eigenvalue weighted by Gasteiger charge is 2.33. The van der Waals surface area contributed by atoms with Crippen LogP contribution in [0.1, 0.15) is 132 Å². The van der Waals surface area contributed by atoms with Crippen molar-refractivity contribution >= 4 is 106 Å². The average Bonchev–Trinajstić information content (AvgIpc) is 1.67. The van der Waals surface area contributed by atoms with E-state index in [2.05, 4.69) is 136 Å². The lowest BCUT2D eigenvalue weighted by Crippen LogP contribution is -2.42. The molecule has 55 heteroatoms. The summed E-state index contributed by atoms with van der Waals surface area (Å²) in [6, 6.07) is 22.7. The monoisotopic (exact) mass is 2130 g/mol. The van der Waals surface area contributed by atoms with E-state index in [1.165, 1.54) is 140 Å². The van der Waals surface area contributed by atoms with Crippen LogP contribution in [0.3, 0.4) is 0 Å². The van der Waals surface area contributed by atoms with Gasteiger partial charge in [0.1, 0.15) is 118 Å². The number of alkyl halides is 10. The largest absolute Gasteiger partial charge is 0.356 e. The van der Waals surface area contributed by atoms with E-state index in [0.717, 1.165) is 90.5 Å². The molecule has 0 spiro atoms. The summed E-state index contributed by atoms with van der Waals surface area (Å²) in [6.45, 7) is 11.3. The molecule has 20 heterocycles. The molecular formula is C92H109F10N35O5S5. The van der Waals surface area contributed by atoms with Crippen molar-refractivity contribution in [1.29, 1.82) is 19.1 Å². The zero-order chi connectivity index (χ0) is 105. The lowest BCUT2D eigenvalue weighted by molar-refractivity contribution is 0.144. The van der Waals surface area contributed by atoms with Gasteiger partial charge in [-0.15, -0.1) is 0 Å². The molecule has 0 saturated carbocycles. The van der Waals surface area contributed by atoms with Gasteiger partial charge < -0.3 is 24.5 Å². The lowest BCUT2D eigenvalue weighted by Gasteiger charge is -2.35. The van der Waals surface area contributed by atoms with Crippen molar-refractivity contribution in [2.45, 2.75) is 110 Å². The van der Waals surface area contributed by atoms with Crippen LogP contribution in [-0.2, 0) is 48.6 Å². The molecule has 0 aromatic carbocycles. The Morgan fingerprint density at radius 3 is 0.755 bits per heavy atom. The quantitative estimate of drug-likeness (QED) is 0.0386. The minimum Gasteiger partial charge on any atom is -0.356 e. The predicted molar refractivity (Wildman–Crippen MR) is 538 cm³/mol. The molecule has 4 N–H and O–H groups in total. The second-order valence-corrected chi connectivity index (χ2v) is 49.5. The summed E-state index contributed by atoms with van der Waals surface area (Å²) in [6.07, 6.45) is 17.5. The third kappa shape index (κ3) is 27.5. The summed E-state index contributed by atoms with van der Waals surface area (Å²) in [5.74, 6) is 6.55. The van der Waals surface area contributed by atoms with E-state index in [1.807, 2.05) is 6.92 Å². The number of halogens is 10. The lowest BCUT2D eigenvalue weighted by atomic mass is 9.96. The van der Waals surface area contributed by atoms with E-state index in [-0.39, 0.29) is 58.2 Å². The highest BCUT2D eigenvalue weighted by molar-refractivity contribution is 7.93. The van der Waals surface area contributed by atoms with Crippen molar-refractivity contribution in [2.75, 3.05) is 150 Å². The molecular weight excluding hydrogens is 2030 g/mol. The Balaban J connectivity index is 0.000000131. The van der Waals surface area contributed by atoms with Crippen LogP contribution in [0, 0.1) is 48.7 Å². The van der Waals surface area contributed by atoms with Crippen molar-refractivity contribution in [1.82, 2.24) is 123 Å². The number of hydrogen-bond acceptors (Lipinski definition) is 35. The van der Waals surface area contributed by atoms with E-state index in [9.17, 15) is 64.9 Å². The van der Waals surface area contributed by atoms with Gasteiger partial charge in [-0.25, -0.2) is 146 Å². The topological polar surface area (TPSA) is 489 Å². The van der Waals surface area contributed by atoms with Gasteiger partial charge in [0.05, 0.1) is 65.5 Å². The van der Waals surface area contributed by atoms with Crippen molar-refractivity contribution in [3.05, 3.63) is 182 Å². The van der Waals surface area contributed by atoms with Crippen LogP contribution in [0.25, 0.3) is 85.2 Å².